The smallest absolute Gasteiger partial charge is 0.266 e. The SMILES string of the molecule is O=c1nc2s/c(=C\c3cn(-c4ccccc4)nc3-c3ccc(Br)cc3)c(=O)n2nc1Cc1ccccc1. The second-order valence-corrected chi connectivity index (χ2v) is 10.3. The maximum Gasteiger partial charge on any atom is 0.296 e. The zero-order valence-electron chi connectivity index (χ0n) is 19.3. The third kappa shape index (κ3) is 4.66. The third-order valence-electron chi connectivity index (χ3n) is 5.83. The summed E-state index contributed by atoms with van der Waals surface area (Å²) in [4.78, 5) is 30.4. The second kappa shape index (κ2) is 9.68. The zero-order chi connectivity index (χ0) is 25.4. The molecule has 3 aromatic heterocycles. The molecule has 37 heavy (non-hydrogen) atoms. The molecule has 0 unspecified atom stereocenters. The molecule has 0 saturated heterocycles. The van der Waals surface area contributed by atoms with Crippen molar-refractivity contribution >= 4 is 38.3 Å². The van der Waals surface area contributed by atoms with Crippen LogP contribution in [0.1, 0.15) is 16.8 Å². The number of para-hydroxylation sites is 1. The fourth-order valence-electron chi connectivity index (χ4n) is 4.02. The summed E-state index contributed by atoms with van der Waals surface area (Å²) in [5.41, 5.74) is 3.72. The minimum Gasteiger partial charge on any atom is -0.266 e. The van der Waals surface area contributed by atoms with Gasteiger partial charge in [-0.25, -0.2) is 4.68 Å². The van der Waals surface area contributed by atoms with Crippen LogP contribution in [0.4, 0.5) is 0 Å². The number of halogens is 1. The lowest BCUT2D eigenvalue weighted by Gasteiger charge is -2.00. The predicted molar refractivity (Wildman–Crippen MR) is 148 cm³/mol. The molecule has 0 aliphatic carbocycles. The Morgan fingerprint density at radius 2 is 1.57 bits per heavy atom. The van der Waals surface area contributed by atoms with E-state index in [2.05, 4.69) is 26.0 Å². The Bertz CT molecular complexity index is 1900. The van der Waals surface area contributed by atoms with Crippen molar-refractivity contribution in [1.82, 2.24) is 24.4 Å². The number of nitrogens with zero attached hydrogens (tertiary/aromatic N) is 5. The fraction of sp³-hybridized carbons (Fsp3) is 0.0357. The second-order valence-electron chi connectivity index (χ2n) is 8.36. The molecule has 0 atom stereocenters. The molecule has 0 saturated carbocycles. The molecule has 0 radical (unpaired) electrons. The molecule has 6 rings (SSSR count). The Kier molecular flexibility index (Phi) is 6.07. The number of thiazole rings is 1. The van der Waals surface area contributed by atoms with E-state index in [0.29, 0.717) is 11.0 Å². The lowest BCUT2D eigenvalue weighted by atomic mass is 10.1. The van der Waals surface area contributed by atoms with Crippen LogP contribution in [0.3, 0.4) is 0 Å². The van der Waals surface area contributed by atoms with Crippen molar-refractivity contribution in [1.29, 1.82) is 0 Å². The van der Waals surface area contributed by atoms with Crippen LogP contribution in [0.15, 0.2) is 105 Å². The molecule has 0 spiro atoms. The van der Waals surface area contributed by atoms with Gasteiger partial charge < -0.3 is 0 Å². The Morgan fingerprint density at radius 1 is 0.865 bits per heavy atom. The van der Waals surface area contributed by atoms with Gasteiger partial charge in [-0.05, 0) is 35.9 Å². The lowest BCUT2D eigenvalue weighted by molar-refractivity contribution is 0.811. The molecule has 6 aromatic rings. The largest absolute Gasteiger partial charge is 0.296 e. The van der Waals surface area contributed by atoms with Gasteiger partial charge in [0.15, 0.2) is 0 Å². The van der Waals surface area contributed by atoms with Crippen molar-refractivity contribution in [2.45, 2.75) is 6.42 Å². The number of benzene rings is 3. The number of hydrogen-bond acceptors (Lipinski definition) is 6. The number of hydrogen-bond donors (Lipinski definition) is 0. The zero-order valence-corrected chi connectivity index (χ0v) is 21.7. The molecule has 0 fully saturated rings. The van der Waals surface area contributed by atoms with E-state index < -0.39 is 5.56 Å². The minimum absolute atomic E-state index is 0.234. The minimum atomic E-state index is -0.427. The molecule has 0 bridgehead atoms. The lowest BCUT2D eigenvalue weighted by Crippen LogP contribution is -2.28. The summed E-state index contributed by atoms with van der Waals surface area (Å²) in [6.07, 6.45) is 3.98. The summed E-state index contributed by atoms with van der Waals surface area (Å²) in [6.45, 7) is 0. The average molecular weight is 568 g/mol. The maximum absolute atomic E-state index is 13.3. The van der Waals surface area contributed by atoms with E-state index in [9.17, 15) is 9.59 Å². The Morgan fingerprint density at radius 3 is 2.30 bits per heavy atom. The van der Waals surface area contributed by atoms with Gasteiger partial charge in [0.05, 0.1) is 15.9 Å². The van der Waals surface area contributed by atoms with Crippen LogP contribution in [0.25, 0.3) is 28.0 Å². The van der Waals surface area contributed by atoms with Gasteiger partial charge in [-0.3, -0.25) is 9.59 Å². The van der Waals surface area contributed by atoms with Crippen LogP contribution < -0.4 is 15.7 Å². The average Bonchev–Trinajstić information content (AvgIpc) is 3.47. The van der Waals surface area contributed by atoms with Gasteiger partial charge in [-0.1, -0.05) is 87.9 Å². The van der Waals surface area contributed by atoms with E-state index >= 15 is 0 Å². The highest BCUT2D eigenvalue weighted by molar-refractivity contribution is 9.10. The van der Waals surface area contributed by atoms with Crippen LogP contribution in [-0.2, 0) is 6.42 Å². The summed E-state index contributed by atoms with van der Waals surface area (Å²) in [6, 6.07) is 27.1. The van der Waals surface area contributed by atoms with Crippen LogP contribution >= 0.6 is 27.3 Å². The highest BCUT2D eigenvalue weighted by Crippen LogP contribution is 2.26. The summed E-state index contributed by atoms with van der Waals surface area (Å²) < 4.78 is 4.39. The monoisotopic (exact) mass is 567 g/mol. The highest BCUT2D eigenvalue weighted by atomic mass is 79.9. The van der Waals surface area contributed by atoms with Crippen LogP contribution in [0, 0.1) is 0 Å². The first kappa shape index (κ1) is 23.2. The van der Waals surface area contributed by atoms with Crippen LogP contribution in [0.5, 0.6) is 0 Å². The standard InChI is InChI=1S/C28H18BrN5O2S/c29-21-13-11-19(12-14-21)25-20(17-33(32-25)22-9-5-2-6-10-22)16-24-27(36)34-28(37-24)30-26(35)23(31-34)15-18-7-3-1-4-8-18/h1-14,16-17H,15H2/b24-16-. The number of fused-ring (bicyclic) bond motifs is 1. The van der Waals surface area contributed by atoms with Crippen molar-refractivity contribution in [3.05, 3.63) is 138 Å². The van der Waals surface area contributed by atoms with Crippen molar-refractivity contribution < 1.29 is 0 Å². The van der Waals surface area contributed by atoms with Crippen LogP contribution in [-0.4, -0.2) is 24.4 Å². The van der Waals surface area contributed by atoms with E-state index in [1.165, 1.54) is 4.52 Å². The van der Waals surface area contributed by atoms with Gasteiger partial charge >= 0.3 is 0 Å². The summed E-state index contributed by atoms with van der Waals surface area (Å²) in [5, 5.41) is 9.19. The van der Waals surface area contributed by atoms with Crippen molar-refractivity contribution in [3.63, 3.8) is 0 Å². The number of aromatic nitrogens is 5. The Hall–Kier alpha value is -4.21. The van der Waals surface area contributed by atoms with E-state index in [1.54, 1.807) is 10.8 Å². The fourth-order valence-corrected chi connectivity index (χ4v) is 5.18. The number of rotatable bonds is 5. The first-order chi connectivity index (χ1) is 18.0. The van der Waals surface area contributed by atoms with Gasteiger partial charge in [0.25, 0.3) is 11.1 Å². The summed E-state index contributed by atoms with van der Waals surface area (Å²) >= 11 is 4.61. The third-order valence-corrected chi connectivity index (χ3v) is 7.32. The van der Waals surface area contributed by atoms with E-state index in [0.717, 1.165) is 43.9 Å². The quantitative estimate of drug-likeness (QED) is 0.311. The molecule has 0 N–H and O–H groups in total. The molecule has 180 valence electrons. The molecule has 9 heteroatoms. The maximum atomic E-state index is 13.3. The molecular weight excluding hydrogens is 550 g/mol. The predicted octanol–water partition coefficient (Wildman–Crippen LogP) is 4.26. The van der Waals surface area contributed by atoms with E-state index in [4.69, 9.17) is 5.10 Å². The normalized spacial score (nSPS) is 11.9. The molecule has 3 heterocycles. The van der Waals surface area contributed by atoms with Gasteiger partial charge in [-0.15, -0.1) is 0 Å². The molecule has 0 amide bonds. The highest BCUT2D eigenvalue weighted by Gasteiger charge is 2.15. The van der Waals surface area contributed by atoms with Gasteiger partial charge in [-0.2, -0.15) is 19.7 Å². The van der Waals surface area contributed by atoms with Crippen molar-refractivity contribution in [2.75, 3.05) is 0 Å². The summed E-state index contributed by atoms with van der Waals surface area (Å²) in [7, 11) is 0. The molecule has 0 aliphatic rings. The van der Waals surface area contributed by atoms with Crippen LogP contribution in [0.2, 0.25) is 0 Å². The molecule has 0 aliphatic heterocycles. The van der Waals surface area contributed by atoms with Crippen molar-refractivity contribution in [2.24, 2.45) is 0 Å². The molecule has 3 aromatic carbocycles. The van der Waals surface area contributed by atoms with Gasteiger partial charge in [0, 0.05) is 28.2 Å². The van der Waals surface area contributed by atoms with Gasteiger partial charge in [0.1, 0.15) is 5.69 Å². The van der Waals surface area contributed by atoms with Crippen molar-refractivity contribution in [3.8, 4) is 16.9 Å². The first-order valence-electron chi connectivity index (χ1n) is 11.4. The first-order valence-corrected chi connectivity index (χ1v) is 13.1. The van der Waals surface area contributed by atoms with E-state index in [1.807, 2.05) is 91.1 Å². The molecular formula is C28H18BrN5O2S. The van der Waals surface area contributed by atoms with Gasteiger partial charge in [0.2, 0.25) is 4.96 Å². The Labute approximate surface area is 223 Å². The topological polar surface area (TPSA) is 82.1 Å². The van der Waals surface area contributed by atoms with E-state index in [-0.39, 0.29) is 16.2 Å². The molecule has 7 nitrogen and oxygen atoms in total. The summed E-state index contributed by atoms with van der Waals surface area (Å²) in [5.74, 6) is 0. The Balaban J connectivity index is 1.49.